The Labute approximate surface area is 84.8 Å². The molecule has 14 heavy (non-hydrogen) atoms. The second kappa shape index (κ2) is 3.22. The molecule has 0 aliphatic carbocycles. The SMILES string of the molecule is O=C1N=NC(=O)c2c(NS)cccc21. The Morgan fingerprint density at radius 3 is 2.57 bits per heavy atom. The molecular formula is C8H5N3O2S. The lowest BCUT2D eigenvalue weighted by Crippen LogP contribution is -2.12. The van der Waals surface area contributed by atoms with Crippen molar-refractivity contribution in [2.75, 3.05) is 4.72 Å². The molecule has 0 unspecified atom stereocenters. The number of rotatable bonds is 1. The summed E-state index contributed by atoms with van der Waals surface area (Å²) in [7, 11) is 0. The maximum absolute atomic E-state index is 11.3. The third-order valence-electron chi connectivity index (χ3n) is 1.86. The average Bonchev–Trinajstić information content (AvgIpc) is 2.23. The highest BCUT2D eigenvalue weighted by Crippen LogP contribution is 2.25. The summed E-state index contributed by atoms with van der Waals surface area (Å²) in [6.07, 6.45) is 0. The highest BCUT2D eigenvalue weighted by Gasteiger charge is 2.24. The van der Waals surface area contributed by atoms with E-state index in [2.05, 4.69) is 27.8 Å². The summed E-state index contributed by atoms with van der Waals surface area (Å²) in [6, 6.07) is 4.81. The van der Waals surface area contributed by atoms with Crippen LogP contribution in [0.25, 0.3) is 0 Å². The fourth-order valence-corrected chi connectivity index (χ4v) is 1.44. The number of fused-ring (bicyclic) bond motifs is 1. The number of azo groups is 1. The first kappa shape index (κ1) is 8.89. The summed E-state index contributed by atoms with van der Waals surface area (Å²) in [4.78, 5) is 22.6. The lowest BCUT2D eigenvalue weighted by Gasteiger charge is -2.10. The van der Waals surface area contributed by atoms with Crippen molar-refractivity contribution >= 4 is 30.3 Å². The van der Waals surface area contributed by atoms with Crippen LogP contribution < -0.4 is 4.72 Å². The lowest BCUT2D eigenvalue weighted by atomic mass is 10.0. The predicted octanol–water partition coefficient (Wildman–Crippen LogP) is 1.69. The molecule has 0 saturated heterocycles. The van der Waals surface area contributed by atoms with Crippen LogP contribution in [0.1, 0.15) is 20.7 Å². The molecule has 0 aromatic heterocycles. The van der Waals surface area contributed by atoms with E-state index < -0.39 is 11.8 Å². The molecule has 0 atom stereocenters. The van der Waals surface area contributed by atoms with Gasteiger partial charge in [0.2, 0.25) is 0 Å². The van der Waals surface area contributed by atoms with Gasteiger partial charge in [0.25, 0.3) is 11.8 Å². The Hall–Kier alpha value is -1.69. The van der Waals surface area contributed by atoms with Crippen molar-refractivity contribution in [3.8, 4) is 0 Å². The molecule has 1 aromatic carbocycles. The number of nitrogens with zero attached hydrogens (tertiary/aromatic N) is 2. The Balaban J connectivity index is 2.71. The molecule has 5 nitrogen and oxygen atoms in total. The molecule has 0 saturated carbocycles. The van der Waals surface area contributed by atoms with Crippen LogP contribution in [0.15, 0.2) is 28.4 Å². The van der Waals surface area contributed by atoms with E-state index in [4.69, 9.17) is 0 Å². The summed E-state index contributed by atoms with van der Waals surface area (Å²) in [6.45, 7) is 0. The van der Waals surface area contributed by atoms with Crippen molar-refractivity contribution in [1.29, 1.82) is 0 Å². The van der Waals surface area contributed by atoms with Gasteiger partial charge in [-0.1, -0.05) is 18.9 Å². The first-order valence-electron chi connectivity index (χ1n) is 3.77. The van der Waals surface area contributed by atoms with Crippen LogP contribution in [-0.4, -0.2) is 11.8 Å². The standard InChI is InChI=1S/C8H5N3O2S/c12-7-4-2-1-3-5(11-14)6(4)8(13)10-9-7/h1-3,11,14H. The van der Waals surface area contributed by atoms with Gasteiger partial charge in [-0.05, 0) is 12.1 Å². The van der Waals surface area contributed by atoms with Crippen LogP contribution in [0.5, 0.6) is 0 Å². The van der Waals surface area contributed by atoms with Gasteiger partial charge in [0.05, 0.1) is 16.8 Å². The zero-order valence-electron chi connectivity index (χ0n) is 6.89. The van der Waals surface area contributed by atoms with Crippen LogP contribution in [-0.2, 0) is 0 Å². The monoisotopic (exact) mass is 207 g/mol. The maximum Gasteiger partial charge on any atom is 0.298 e. The van der Waals surface area contributed by atoms with Gasteiger partial charge in [0.1, 0.15) is 0 Å². The van der Waals surface area contributed by atoms with E-state index >= 15 is 0 Å². The van der Waals surface area contributed by atoms with Crippen LogP contribution in [0.4, 0.5) is 5.69 Å². The predicted molar refractivity (Wildman–Crippen MR) is 52.6 cm³/mol. The van der Waals surface area contributed by atoms with Crippen LogP contribution in [0.2, 0.25) is 0 Å². The second-order valence-electron chi connectivity index (χ2n) is 2.65. The van der Waals surface area contributed by atoms with Gasteiger partial charge in [-0.25, -0.2) is 0 Å². The van der Waals surface area contributed by atoms with Crippen molar-refractivity contribution in [1.82, 2.24) is 0 Å². The Bertz CT molecular complexity index is 456. The first-order chi connectivity index (χ1) is 6.74. The van der Waals surface area contributed by atoms with E-state index in [0.717, 1.165) is 0 Å². The number of carbonyl (C=O) groups excluding carboxylic acids is 2. The highest BCUT2D eigenvalue weighted by molar-refractivity contribution is 7.81. The molecule has 1 aliphatic rings. The zero-order valence-corrected chi connectivity index (χ0v) is 7.78. The topological polar surface area (TPSA) is 70.9 Å². The van der Waals surface area contributed by atoms with Gasteiger partial charge in [-0.3, -0.25) is 9.59 Å². The Kier molecular flexibility index (Phi) is 2.05. The number of thiol groups is 1. The van der Waals surface area contributed by atoms with Crippen molar-refractivity contribution in [3.63, 3.8) is 0 Å². The summed E-state index contributed by atoms with van der Waals surface area (Å²) in [5.41, 5.74) is 0.939. The molecule has 0 spiro atoms. The number of carbonyl (C=O) groups is 2. The number of hydrogen-bond donors (Lipinski definition) is 2. The van der Waals surface area contributed by atoms with Crippen molar-refractivity contribution in [2.24, 2.45) is 10.2 Å². The lowest BCUT2D eigenvalue weighted by molar-refractivity contribution is 0.0921. The number of anilines is 1. The first-order valence-corrected chi connectivity index (χ1v) is 4.22. The van der Waals surface area contributed by atoms with Gasteiger partial charge < -0.3 is 4.72 Å². The van der Waals surface area contributed by atoms with E-state index in [0.29, 0.717) is 5.69 Å². The van der Waals surface area contributed by atoms with Gasteiger partial charge in [0.15, 0.2) is 0 Å². The summed E-state index contributed by atoms with van der Waals surface area (Å²) >= 11 is 3.83. The van der Waals surface area contributed by atoms with E-state index in [1.807, 2.05) is 0 Å². The molecule has 0 bridgehead atoms. The molecule has 2 amide bonds. The third-order valence-corrected chi connectivity index (χ3v) is 2.10. The number of hydrogen-bond acceptors (Lipinski definition) is 4. The zero-order chi connectivity index (χ0) is 10.1. The van der Waals surface area contributed by atoms with E-state index in [1.165, 1.54) is 6.07 Å². The summed E-state index contributed by atoms with van der Waals surface area (Å²) in [5.74, 6) is -1.04. The molecule has 2 rings (SSSR count). The second-order valence-corrected chi connectivity index (χ2v) is 2.87. The van der Waals surface area contributed by atoms with Crippen molar-refractivity contribution in [2.45, 2.75) is 0 Å². The van der Waals surface area contributed by atoms with Crippen LogP contribution >= 0.6 is 12.8 Å². The molecule has 1 heterocycles. The maximum atomic E-state index is 11.3. The highest BCUT2D eigenvalue weighted by atomic mass is 32.1. The van der Waals surface area contributed by atoms with Crippen LogP contribution in [0.3, 0.4) is 0 Å². The normalized spacial score (nSPS) is 14.1. The molecule has 70 valence electrons. The molecular weight excluding hydrogens is 202 g/mol. The summed E-state index contributed by atoms with van der Waals surface area (Å²) < 4.78 is 2.53. The van der Waals surface area contributed by atoms with Gasteiger partial charge >= 0.3 is 0 Å². The molecule has 0 fully saturated rings. The molecule has 1 aromatic rings. The van der Waals surface area contributed by atoms with Crippen molar-refractivity contribution < 1.29 is 9.59 Å². The fourth-order valence-electron chi connectivity index (χ4n) is 1.25. The average molecular weight is 207 g/mol. The van der Waals surface area contributed by atoms with Gasteiger partial charge in [0, 0.05) is 0 Å². The number of amides is 2. The quantitative estimate of drug-likeness (QED) is 0.688. The molecule has 1 N–H and O–H groups in total. The van der Waals surface area contributed by atoms with E-state index in [-0.39, 0.29) is 11.1 Å². The van der Waals surface area contributed by atoms with E-state index in [1.54, 1.807) is 12.1 Å². The Morgan fingerprint density at radius 2 is 1.86 bits per heavy atom. The summed E-state index contributed by atoms with van der Waals surface area (Å²) in [5, 5.41) is 6.43. The molecule has 1 aliphatic heterocycles. The van der Waals surface area contributed by atoms with Crippen molar-refractivity contribution in [3.05, 3.63) is 29.3 Å². The fraction of sp³-hybridized carbons (Fsp3) is 0. The van der Waals surface area contributed by atoms with E-state index in [9.17, 15) is 9.59 Å². The van der Waals surface area contributed by atoms with Gasteiger partial charge in [-0.2, -0.15) is 0 Å². The van der Waals surface area contributed by atoms with Gasteiger partial charge in [-0.15, -0.1) is 10.2 Å². The minimum absolute atomic E-state index is 0.225. The largest absolute Gasteiger partial charge is 0.332 e. The minimum atomic E-state index is -0.531. The minimum Gasteiger partial charge on any atom is -0.332 e. The molecule has 0 radical (unpaired) electrons. The number of nitrogens with one attached hydrogen (secondary N) is 1. The number of benzene rings is 1. The third kappa shape index (κ3) is 1.20. The molecule has 6 heteroatoms. The van der Waals surface area contributed by atoms with Crippen LogP contribution in [0, 0.1) is 0 Å². The smallest absolute Gasteiger partial charge is 0.298 e. The Morgan fingerprint density at radius 1 is 1.14 bits per heavy atom.